The molecule has 1 aromatic rings. The van der Waals surface area contributed by atoms with Gasteiger partial charge in [-0.25, -0.2) is 4.98 Å². The molecule has 0 aromatic carbocycles. The van der Waals surface area contributed by atoms with Crippen LogP contribution in [0.15, 0.2) is 12.4 Å². The molecule has 1 aromatic heterocycles. The Hall–Kier alpha value is -1.04. The van der Waals surface area contributed by atoms with Gasteiger partial charge >= 0.3 is 6.18 Å². The zero-order valence-electron chi connectivity index (χ0n) is 5.97. The summed E-state index contributed by atoms with van der Waals surface area (Å²) in [5.41, 5.74) is 0. The topological polar surface area (TPSA) is 48.9 Å². The lowest BCUT2D eigenvalue weighted by molar-refractivity contribution is -0.155. The van der Waals surface area contributed by atoms with E-state index in [4.69, 9.17) is 5.11 Å². The lowest BCUT2D eigenvalue weighted by atomic mass is 10.2. The van der Waals surface area contributed by atoms with Crippen LogP contribution in [-0.4, -0.2) is 21.3 Å². The van der Waals surface area contributed by atoms with Gasteiger partial charge in [-0.3, -0.25) is 0 Å². The van der Waals surface area contributed by atoms with E-state index in [9.17, 15) is 13.2 Å². The zero-order valence-corrected chi connectivity index (χ0v) is 5.97. The average molecular weight is 180 g/mol. The summed E-state index contributed by atoms with van der Waals surface area (Å²) in [7, 11) is 0. The van der Waals surface area contributed by atoms with E-state index in [1.54, 1.807) is 0 Å². The summed E-state index contributed by atoms with van der Waals surface area (Å²) in [6.07, 6.45) is -4.60. The SMILES string of the molecule is OC(CC(F)(F)F)c1ncc[nH]1. The molecule has 1 heterocycles. The van der Waals surface area contributed by atoms with Gasteiger partial charge in [0.25, 0.3) is 0 Å². The molecule has 3 nitrogen and oxygen atoms in total. The summed E-state index contributed by atoms with van der Waals surface area (Å²) in [6.45, 7) is 0. The van der Waals surface area contributed by atoms with Crippen molar-refractivity contribution in [3.63, 3.8) is 0 Å². The number of alkyl halides is 3. The molecule has 68 valence electrons. The molecule has 1 rings (SSSR count). The molecule has 0 amide bonds. The van der Waals surface area contributed by atoms with Crippen molar-refractivity contribution in [3.05, 3.63) is 18.2 Å². The van der Waals surface area contributed by atoms with Crippen LogP contribution in [-0.2, 0) is 0 Å². The zero-order chi connectivity index (χ0) is 9.19. The predicted molar refractivity (Wildman–Crippen MR) is 34.2 cm³/mol. The first kappa shape index (κ1) is 9.05. The number of halogens is 3. The summed E-state index contributed by atoms with van der Waals surface area (Å²) in [4.78, 5) is 5.89. The van der Waals surface area contributed by atoms with Crippen molar-refractivity contribution in [1.82, 2.24) is 9.97 Å². The van der Waals surface area contributed by atoms with Gasteiger partial charge < -0.3 is 10.1 Å². The van der Waals surface area contributed by atoms with Crippen molar-refractivity contribution < 1.29 is 18.3 Å². The Bertz CT molecular complexity index is 231. The maximum Gasteiger partial charge on any atom is 0.392 e. The lowest BCUT2D eigenvalue weighted by Crippen LogP contribution is -2.14. The number of hydrogen-bond acceptors (Lipinski definition) is 2. The van der Waals surface area contributed by atoms with Gasteiger partial charge in [0, 0.05) is 12.4 Å². The quantitative estimate of drug-likeness (QED) is 0.722. The van der Waals surface area contributed by atoms with Crippen molar-refractivity contribution in [3.8, 4) is 0 Å². The Morgan fingerprint density at radius 2 is 2.25 bits per heavy atom. The van der Waals surface area contributed by atoms with E-state index in [2.05, 4.69) is 9.97 Å². The molecule has 0 aliphatic heterocycles. The standard InChI is InChI=1S/C6H7F3N2O/c7-6(8,9)3-4(12)5-10-1-2-11-5/h1-2,4,12H,3H2,(H,10,11). The molecular weight excluding hydrogens is 173 g/mol. The van der Waals surface area contributed by atoms with Gasteiger partial charge in [-0.2, -0.15) is 13.2 Å². The molecule has 1 unspecified atom stereocenters. The molecule has 0 bridgehead atoms. The Kier molecular flexibility index (Phi) is 2.37. The van der Waals surface area contributed by atoms with Gasteiger partial charge in [-0.05, 0) is 0 Å². The van der Waals surface area contributed by atoms with Gasteiger partial charge in [0.15, 0.2) is 0 Å². The smallest absolute Gasteiger partial charge is 0.385 e. The van der Waals surface area contributed by atoms with Gasteiger partial charge in [0.2, 0.25) is 0 Å². The van der Waals surface area contributed by atoms with Crippen LogP contribution in [0.1, 0.15) is 18.3 Å². The van der Waals surface area contributed by atoms with E-state index < -0.39 is 18.7 Å². The maximum atomic E-state index is 11.7. The van der Waals surface area contributed by atoms with Crippen LogP contribution in [0.2, 0.25) is 0 Å². The molecule has 0 radical (unpaired) electrons. The number of aliphatic hydroxyl groups is 1. The Labute approximate surface area is 66.2 Å². The van der Waals surface area contributed by atoms with Crippen molar-refractivity contribution >= 4 is 0 Å². The van der Waals surface area contributed by atoms with Crippen molar-refractivity contribution in [2.24, 2.45) is 0 Å². The first-order chi connectivity index (χ1) is 5.49. The van der Waals surface area contributed by atoms with E-state index in [0.29, 0.717) is 0 Å². The summed E-state index contributed by atoms with van der Waals surface area (Å²) >= 11 is 0. The fraction of sp³-hybridized carbons (Fsp3) is 0.500. The predicted octanol–water partition coefficient (Wildman–Crippen LogP) is 1.40. The fourth-order valence-electron chi connectivity index (χ4n) is 0.776. The number of aromatic amines is 1. The third-order valence-electron chi connectivity index (χ3n) is 1.26. The van der Waals surface area contributed by atoms with Gasteiger partial charge in [-0.1, -0.05) is 0 Å². The third-order valence-corrected chi connectivity index (χ3v) is 1.26. The highest BCUT2D eigenvalue weighted by atomic mass is 19.4. The molecule has 12 heavy (non-hydrogen) atoms. The Morgan fingerprint density at radius 3 is 2.67 bits per heavy atom. The molecule has 6 heteroatoms. The van der Waals surface area contributed by atoms with Crippen molar-refractivity contribution in [1.29, 1.82) is 0 Å². The summed E-state index contributed by atoms with van der Waals surface area (Å²) < 4.78 is 35.1. The van der Waals surface area contributed by atoms with Gasteiger partial charge in [0.05, 0.1) is 6.42 Å². The number of H-pyrrole nitrogens is 1. The molecule has 0 aliphatic carbocycles. The van der Waals surface area contributed by atoms with E-state index in [0.717, 1.165) is 0 Å². The number of hydrogen-bond donors (Lipinski definition) is 2. The molecule has 0 aliphatic rings. The molecule has 2 N–H and O–H groups in total. The van der Waals surface area contributed by atoms with Crippen LogP contribution in [0, 0.1) is 0 Å². The summed E-state index contributed by atoms with van der Waals surface area (Å²) in [5, 5.41) is 8.93. The highest BCUT2D eigenvalue weighted by Gasteiger charge is 2.32. The molecular formula is C6H7F3N2O. The molecule has 0 spiro atoms. The second kappa shape index (κ2) is 3.14. The first-order valence-electron chi connectivity index (χ1n) is 3.23. The van der Waals surface area contributed by atoms with E-state index in [-0.39, 0.29) is 5.82 Å². The molecule has 0 saturated heterocycles. The van der Waals surface area contributed by atoms with Gasteiger partial charge in [-0.15, -0.1) is 0 Å². The van der Waals surface area contributed by atoms with Crippen LogP contribution < -0.4 is 0 Å². The number of nitrogens with one attached hydrogen (secondary N) is 1. The highest BCUT2D eigenvalue weighted by molar-refractivity contribution is 4.92. The van der Waals surface area contributed by atoms with Crippen LogP contribution >= 0.6 is 0 Å². The number of nitrogens with zero attached hydrogens (tertiary/aromatic N) is 1. The highest BCUT2D eigenvalue weighted by Crippen LogP contribution is 2.27. The lowest BCUT2D eigenvalue weighted by Gasteiger charge is -2.10. The van der Waals surface area contributed by atoms with Gasteiger partial charge in [0.1, 0.15) is 11.9 Å². The van der Waals surface area contributed by atoms with Crippen LogP contribution in [0.25, 0.3) is 0 Å². The third kappa shape index (κ3) is 2.54. The van der Waals surface area contributed by atoms with Crippen molar-refractivity contribution in [2.75, 3.05) is 0 Å². The van der Waals surface area contributed by atoms with Crippen LogP contribution in [0.5, 0.6) is 0 Å². The fourth-order valence-corrected chi connectivity index (χ4v) is 0.776. The Morgan fingerprint density at radius 1 is 1.58 bits per heavy atom. The minimum Gasteiger partial charge on any atom is -0.385 e. The maximum absolute atomic E-state index is 11.7. The molecule has 0 fully saturated rings. The Balaban J connectivity index is 2.56. The average Bonchev–Trinajstić information content (AvgIpc) is 2.32. The first-order valence-corrected chi connectivity index (χ1v) is 3.23. The summed E-state index contributed by atoms with van der Waals surface area (Å²) in [6, 6.07) is 0. The van der Waals surface area contributed by atoms with E-state index >= 15 is 0 Å². The number of aromatic nitrogens is 2. The second-order valence-electron chi connectivity index (χ2n) is 2.31. The monoisotopic (exact) mass is 180 g/mol. The minimum absolute atomic E-state index is 0.0627. The number of aliphatic hydroxyl groups excluding tert-OH is 1. The van der Waals surface area contributed by atoms with Crippen LogP contribution in [0.4, 0.5) is 13.2 Å². The van der Waals surface area contributed by atoms with Crippen LogP contribution in [0.3, 0.4) is 0 Å². The number of imidazole rings is 1. The second-order valence-corrected chi connectivity index (χ2v) is 2.31. The molecule has 1 atom stereocenters. The molecule has 0 saturated carbocycles. The van der Waals surface area contributed by atoms with E-state index in [1.807, 2.05) is 0 Å². The van der Waals surface area contributed by atoms with E-state index in [1.165, 1.54) is 12.4 Å². The normalized spacial score (nSPS) is 14.7. The summed E-state index contributed by atoms with van der Waals surface area (Å²) in [5.74, 6) is -0.0627. The number of rotatable bonds is 2. The largest absolute Gasteiger partial charge is 0.392 e. The minimum atomic E-state index is -4.37. The van der Waals surface area contributed by atoms with Crippen molar-refractivity contribution in [2.45, 2.75) is 18.7 Å².